The van der Waals surface area contributed by atoms with Gasteiger partial charge in [0.05, 0.1) is 25.4 Å². The highest BCUT2D eigenvalue weighted by atomic mass is 16.5. The van der Waals surface area contributed by atoms with Gasteiger partial charge in [-0.15, -0.1) is 0 Å². The van der Waals surface area contributed by atoms with Crippen molar-refractivity contribution < 1.29 is 24.5 Å². The summed E-state index contributed by atoms with van der Waals surface area (Å²) >= 11 is 0. The number of hydrogen-bond donors (Lipinski definition) is 3. The molecule has 0 bridgehead atoms. The fourth-order valence-electron chi connectivity index (χ4n) is 14.3. The van der Waals surface area contributed by atoms with Crippen molar-refractivity contribution in [3.63, 3.8) is 0 Å². The number of nitrogens with one attached hydrogen (secondary N) is 1. The molecule has 6 heteroatoms. The minimum Gasteiger partial charge on any atom is -0.466 e. The molecule has 0 heterocycles. The van der Waals surface area contributed by atoms with Gasteiger partial charge in [-0.2, -0.15) is 0 Å². The average molecular weight is 1340 g/mol. The molecule has 0 aliphatic heterocycles. The van der Waals surface area contributed by atoms with Crippen LogP contribution in [-0.4, -0.2) is 47.4 Å². The normalized spacial score (nSPS) is 12.5. The first-order valence-corrected chi connectivity index (χ1v) is 44.1. The Hall–Kier alpha value is -1.66. The highest BCUT2D eigenvalue weighted by Gasteiger charge is 2.20. The summed E-state index contributed by atoms with van der Waals surface area (Å²) in [4.78, 5) is 24.7. The zero-order valence-electron chi connectivity index (χ0n) is 64.9. The third kappa shape index (κ3) is 81.2. The number of carbonyl (C=O) groups excluding carboxylic acids is 2. The van der Waals surface area contributed by atoms with Crippen LogP contribution in [0.2, 0.25) is 0 Å². The highest BCUT2D eigenvalue weighted by molar-refractivity contribution is 5.76. The molecule has 2 atom stereocenters. The van der Waals surface area contributed by atoms with Crippen molar-refractivity contribution in [3.05, 3.63) is 24.3 Å². The van der Waals surface area contributed by atoms with E-state index in [4.69, 9.17) is 4.74 Å². The van der Waals surface area contributed by atoms with Crippen LogP contribution in [0.5, 0.6) is 0 Å². The zero-order valence-corrected chi connectivity index (χ0v) is 64.9. The SMILES string of the molecule is CCCCC/C=C\C/C=C\CCCCCCCCCCCC(=O)OCCCCCCCCCCCCCCCCCCCCCCCCCCCCCCCCCCCCCCCC(=O)NC(CO)C(O)CCCCCCCCCCCCCCCCCCCCCCCC. The smallest absolute Gasteiger partial charge is 0.305 e. The summed E-state index contributed by atoms with van der Waals surface area (Å²) < 4.78 is 5.52. The molecule has 564 valence electrons. The Morgan fingerprint density at radius 2 is 0.526 bits per heavy atom. The topological polar surface area (TPSA) is 95.9 Å². The van der Waals surface area contributed by atoms with Crippen LogP contribution < -0.4 is 5.32 Å². The van der Waals surface area contributed by atoms with Gasteiger partial charge < -0.3 is 20.3 Å². The Morgan fingerprint density at radius 1 is 0.295 bits per heavy atom. The average Bonchev–Trinajstić information content (AvgIpc) is 3.35. The van der Waals surface area contributed by atoms with Crippen LogP contribution in [0.15, 0.2) is 24.3 Å². The van der Waals surface area contributed by atoms with Crippen LogP contribution in [0.4, 0.5) is 0 Å². The molecule has 0 fully saturated rings. The van der Waals surface area contributed by atoms with Gasteiger partial charge in [0.2, 0.25) is 5.91 Å². The number of aliphatic hydroxyl groups excluding tert-OH is 2. The van der Waals surface area contributed by atoms with E-state index in [1.807, 2.05) is 0 Å². The lowest BCUT2D eigenvalue weighted by Gasteiger charge is -2.22. The maximum atomic E-state index is 12.6. The van der Waals surface area contributed by atoms with E-state index in [1.54, 1.807) is 0 Å². The van der Waals surface area contributed by atoms with E-state index in [2.05, 4.69) is 43.5 Å². The molecule has 0 aliphatic rings. The highest BCUT2D eigenvalue weighted by Crippen LogP contribution is 2.21. The predicted molar refractivity (Wildman–Crippen MR) is 421 cm³/mol. The van der Waals surface area contributed by atoms with Gasteiger partial charge in [-0.3, -0.25) is 9.59 Å². The van der Waals surface area contributed by atoms with Gasteiger partial charge in [-0.05, 0) is 57.8 Å². The summed E-state index contributed by atoms with van der Waals surface area (Å²) in [5.74, 6) is -0.00224. The van der Waals surface area contributed by atoms with Crippen molar-refractivity contribution in [2.45, 2.75) is 520 Å². The lowest BCUT2D eigenvalue weighted by Crippen LogP contribution is -2.45. The summed E-state index contributed by atoms with van der Waals surface area (Å²) in [7, 11) is 0. The molecule has 0 radical (unpaired) electrons. The van der Waals surface area contributed by atoms with E-state index in [9.17, 15) is 19.8 Å². The Labute approximate surface area is 596 Å². The number of hydrogen-bond acceptors (Lipinski definition) is 5. The molecule has 0 aliphatic carbocycles. The molecular formula is C89H173NO5. The van der Waals surface area contributed by atoms with E-state index >= 15 is 0 Å². The molecule has 95 heavy (non-hydrogen) atoms. The second-order valence-corrected chi connectivity index (χ2v) is 30.6. The van der Waals surface area contributed by atoms with Gasteiger partial charge in [-0.1, -0.05) is 462 Å². The first-order valence-electron chi connectivity index (χ1n) is 44.1. The number of carbonyl (C=O) groups is 2. The molecule has 0 aromatic rings. The van der Waals surface area contributed by atoms with Crippen molar-refractivity contribution in [3.8, 4) is 0 Å². The Morgan fingerprint density at radius 3 is 0.821 bits per heavy atom. The van der Waals surface area contributed by atoms with Crippen molar-refractivity contribution in [1.29, 1.82) is 0 Å². The molecule has 0 aromatic heterocycles. The third-order valence-electron chi connectivity index (χ3n) is 21.0. The van der Waals surface area contributed by atoms with Crippen molar-refractivity contribution in [1.82, 2.24) is 5.32 Å². The largest absolute Gasteiger partial charge is 0.466 e. The van der Waals surface area contributed by atoms with E-state index in [-0.39, 0.29) is 18.5 Å². The number of aliphatic hydroxyl groups is 2. The number of allylic oxidation sites excluding steroid dienone is 4. The summed E-state index contributed by atoms with van der Waals surface area (Å²) in [5.41, 5.74) is 0. The number of unbranched alkanes of at least 4 members (excludes halogenated alkanes) is 69. The van der Waals surface area contributed by atoms with Crippen LogP contribution in [0, 0.1) is 0 Å². The van der Waals surface area contributed by atoms with Crippen LogP contribution in [0.25, 0.3) is 0 Å². The van der Waals surface area contributed by atoms with Gasteiger partial charge in [-0.25, -0.2) is 0 Å². The summed E-state index contributed by atoms with van der Waals surface area (Å²) in [6.07, 6.45) is 110. The van der Waals surface area contributed by atoms with Gasteiger partial charge in [0.15, 0.2) is 0 Å². The maximum Gasteiger partial charge on any atom is 0.305 e. The number of rotatable bonds is 84. The molecule has 6 nitrogen and oxygen atoms in total. The molecule has 0 spiro atoms. The van der Waals surface area contributed by atoms with E-state index in [0.717, 1.165) is 44.9 Å². The first kappa shape index (κ1) is 93.3. The standard InChI is InChI=1S/C89H173NO5/c1-3-5-7-9-11-13-15-17-19-21-23-24-42-46-49-53-57-61-65-69-73-77-81-87(92)86(85-91)90-88(93)82-78-74-70-66-62-58-54-50-47-43-40-38-36-34-32-30-28-26-25-27-29-31-33-35-37-39-41-44-48-52-56-60-64-68-72-76-80-84-95-89(94)83-79-75-71-67-63-59-55-51-45-22-20-18-16-14-12-10-8-6-4-2/h12,14,18,20,86-87,91-92H,3-11,13,15-17,19,21-85H2,1-2H3,(H,90,93)/b14-12-,20-18-. The van der Waals surface area contributed by atoms with Gasteiger partial charge >= 0.3 is 5.97 Å². The first-order chi connectivity index (χ1) is 47.0. The molecule has 0 rings (SSSR count). The Balaban J connectivity index is 3.30. The van der Waals surface area contributed by atoms with Crippen LogP contribution >= 0.6 is 0 Å². The second kappa shape index (κ2) is 84.8. The van der Waals surface area contributed by atoms with Gasteiger partial charge in [0.25, 0.3) is 0 Å². The monoisotopic (exact) mass is 1340 g/mol. The van der Waals surface area contributed by atoms with E-state index in [1.165, 1.54) is 430 Å². The molecular weight excluding hydrogens is 1160 g/mol. The van der Waals surface area contributed by atoms with E-state index in [0.29, 0.717) is 25.9 Å². The number of esters is 1. The lowest BCUT2D eigenvalue weighted by molar-refractivity contribution is -0.143. The Kier molecular flexibility index (Phi) is 83.3. The lowest BCUT2D eigenvalue weighted by atomic mass is 10.0. The van der Waals surface area contributed by atoms with Crippen molar-refractivity contribution in [2.24, 2.45) is 0 Å². The van der Waals surface area contributed by atoms with Gasteiger partial charge in [0.1, 0.15) is 0 Å². The van der Waals surface area contributed by atoms with Gasteiger partial charge in [0, 0.05) is 12.8 Å². The number of ether oxygens (including phenoxy) is 1. The molecule has 0 saturated heterocycles. The molecule has 0 saturated carbocycles. The van der Waals surface area contributed by atoms with Crippen LogP contribution in [0.1, 0.15) is 508 Å². The predicted octanol–water partition coefficient (Wildman–Crippen LogP) is 29.6. The van der Waals surface area contributed by atoms with E-state index < -0.39 is 12.1 Å². The Bertz CT molecular complexity index is 1500. The molecule has 1 amide bonds. The molecule has 2 unspecified atom stereocenters. The number of amides is 1. The molecule has 0 aromatic carbocycles. The third-order valence-corrected chi connectivity index (χ3v) is 21.0. The molecule has 3 N–H and O–H groups in total. The van der Waals surface area contributed by atoms with Crippen LogP contribution in [-0.2, 0) is 14.3 Å². The second-order valence-electron chi connectivity index (χ2n) is 30.6. The quantitative estimate of drug-likeness (QED) is 0.0320. The minimum absolute atomic E-state index is 0.0208. The minimum atomic E-state index is -0.661. The van der Waals surface area contributed by atoms with Crippen molar-refractivity contribution in [2.75, 3.05) is 13.2 Å². The maximum absolute atomic E-state index is 12.6. The summed E-state index contributed by atoms with van der Waals surface area (Å²) in [6, 6.07) is -0.538. The van der Waals surface area contributed by atoms with Crippen LogP contribution in [0.3, 0.4) is 0 Å². The van der Waals surface area contributed by atoms with Crippen molar-refractivity contribution >= 4 is 11.9 Å². The summed E-state index contributed by atoms with van der Waals surface area (Å²) in [5, 5.41) is 23.5. The fraction of sp³-hybridized carbons (Fsp3) is 0.933. The zero-order chi connectivity index (χ0) is 68.4. The summed E-state index contributed by atoms with van der Waals surface area (Å²) in [6.45, 7) is 4.99. The fourth-order valence-corrected chi connectivity index (χ4v) is 14.3.